The van der Waals surface area contributed by atoms with Gasteiger partial charge < -0.3 is 5.21 Å². The quantitative estimate of drug-likeness (QED) is 0.564. The summed E-state index contributed by atoms with van der Waals surface area (Å²) in [6.45, 7) is 5.60. The van der Waals surface area contributed by atoms with Crippen LogP contribution in [-0.2, 0) is 0 Å². The summed E-state index contributed by atoms with van der Waals surface area (Å²) in [5.74, 6) is 0. The van der Waals surface area contributed by atoms with Crippen LogP contribution in [0.3, 0.4) is 0 Å². The monoisotopic (exact) mass is 117 g/mol. The van der Waals surface area contributed by atoms with Crippen molar-refractivity contribution in [2.24, 2.45) is 0 Å². The molecule has 0 aromatic heterocycles. The van der Waals surface area contributed by atoms with Crippen LogP contribution >= 0.6 is 0 Å². The van der Waals surface area contributed by atoms with Crippen LogP contribution in [0.5, 0.6) is 0 Å². The molecule has 8 heavy (non-hydrogen) atoms. The second-order valence-corrected chi connectivity index (χ2v) is 1.90. The highest BCUT2D eigenvalue weighted by Gasteiger charge is 1.91. The van der Waals surface area contributed by atoms with Crippen LogP contribution < -0.4 is 0 Å². The van der Waals surface area contributed by atoms with E-state index in [9.17, 15) is 0 Å². The number of unbranched alkanes of at least 4 members (excludes halogenated alkanes) is 1. The SMILES string of the molecule is CCCCN(O)CC. The maximum Gasteiger partial charge on any atom is 0.0237 e. The Morgan fingerprint density at radius 3 is 2.38 bits per heavy atom. The zero-order valence-electron chi connectivity index (χ0n) is 5.72. The van der Waals surface area contributed by atoms with E-state index in [0.29, 0.717) is 0 Å². The van der Waals surface area contributed by atoms with Gasteiger partial charge in [-0.15, -0.1) is 0 Å². The second kappa shape index (κ2) is 5.06. The van der Waals surface area contributed by atoms with E-state index in [4.69, 9.17) is 5.21 Å². The zero-order valence-corrected chi connectivity index (χ0v) is 5.72. The van der Waals surface area contributed by atoms with Crippen molar-refractivity contribution in [1.82, 2.24) is 5.06 Å². The highest BCUT2D eigenvalue weighted by Crippen LogP contribution is 1.88. The van der Waals surface area contributed by atoms with Crippen molar-refractivity contribution in [2.45, 2.75) is 26.7 Å². The van der Waals surface area contributed by atoms with Crippen LogP contribution in [0.1, 0.15) is 26.7 Å². The Labute approximate surface area is 51.1 Å². The van der Waals surface area contributed by atoms with Crippen molar-refractivity contribution in [2.75, 3.05) is 13.1 Å². The Kier molecular flexibility index (Phi) is 5.01. The first kappa shape index (κ1) is 7.92. The molecule has 0 aromatic rings. The first-order valence-electron chi connectivity index (χ1n) is 3.25. The summed E-state index contributed by atoms with van der Waals surface area (Å²) in [4.78, 5) is 0. The number of rotatable bonds is 4. The van der Waals surface area contributed by atoms with Gasteiger partial charge in [-0.05, 0) is 6.42 Å². The van der Waals surface area contributed by atoms with E-state index in [1.165, 1.54) is 5.06 Å². The molecule has 0 amide bonds. The van der Waals surface area contributed by atoms with Crippen molar-refractivity contribution in [3.63, 3.8) is 0 Å². The van der Waals surface area contributed by atoms with Gasteiger partial charge in [0.15, 0.2) is 0 Å². The molecule has 0 saturated heterocycles. The maximum atomic E-state index is 8.82. The zero-order chi connectivity index (χ0) is 6.41. The molecule has 0 unspecified atom stereocenters. The van der Waals surface area contributed by atoms with Gasteiger partial charge in [0.25, 0.3) is 0 Å². The van der Waals surface area contributed by atoms with Crippen molar-refractivity contribution < 1.29 is 5.21 Å². The molecule has 0 atom stereocenters. The Hall–Kier alpha value is -0.0800. The predicted octanol–water partition coefficient (Wildman–Crippen LogP) is 1.50. The normalized spacial score (nSPS) is 10.5. The van der Waals surface area contributed by atoms with Gasteiger partial charge in [0.2, 0.25) is 0 Å². The summed E-state index contributed by atoms with van der Waals surface area (Å²) in [5, 5.41) is 10.2. The summed E-state index contributed by atoms with van der Waals surface area (Å²) in [7, 11) is 0. The summed E-state index contributed by atoms with van der Waals surface area (Å²) < 4.78 is 0. The van der Waals surface area contributed by atoms with E-state index in [1.807, 2.05) is 6.92 Å². The molecule has 0 spiro atoms. The van der Waals surface area contributed by atoms with Crippen LogP contribution in [0.2, 0.25) is 0 Å². The highest BCUT2D eigenvalue weighted by molar-refractivity contribution is 4.38. The van der Waals surface area contributed by atoms with Crippen LogP contribution in [0, 0.1) is 0 Å². The third-order valence-corrected chi connectivity index (χ3v) is 1.13. The van der Waals surface area contributed by atoms with Gasteiger partial charge in [-0.3, -0.25) is 0 Å². The molecule has 1 N–H and O–H groups in total. The smallest absolute Gasteiger partial charge is 0.0237 e. The minimum absolute atomic E-state index is 0.736. The number of hydrogen-bond donors (Lipinski definition) is 1. The molecule has 0 heterocycles. The molecule has 50 valence electrons. The molecule has 0 rings (SSSR count). The summed E-state index contributed by atoms with van der Waals surface area (Å²) >= 11 is 0. The maximum absolute atomic E-state index is 8.82. The Bertz CT molecular complexity index is 47.8. The molecule has 0 radical (unpaired) electrons. The molecule has 2 nitrogen and oxygen atoms in total. The lowest BCUT2D eigenvalue weighted by atomic mass is 10.3. The van der Waals surface area contributed by atoms with Crippen LogP contribution in [0.15, 0.2) is 0 Å². The van der Waals surface area contributed by atoms with Gasteiger partial charge in [0.05, 0.1) is 0 Å². The minimum atomic E-state index is 0.736. The largest absolute Gasteiger partial charge is 0.314 e. The molecule has 0 bridgehead atoms. The van der Waals surface area contributed by atoms with E-state index in [1.54, 1.807) is 0 Å². The Morgan fingerprint density at radius 1 is 1.38 bits per heavy atom. The van der Waals surface area contributed by atoms with Gasteiger partial charge in [-0.1, -0.05) is 20.3 Å². The topological polar surface area (TPSA) is 23.5 Å². The third kappa shape index (κ3) is 4.09. The van der Waals surface area contributed by atoms with E-state index in [2.05, 4.69) is 6.92 Å². The molecule has 0 aliphatic carbocycles. The number of hydrogen-bond acceptors (Lipinski definition) is 2. The number of hydroxylamine groups is 2. The molecule has 0 aliphatic heterocycles. The molecule has 0 saturated carbocycles. The van der Waals surface area contributed by atoms with Crippen LogP contribution in [0.25, 0.3) is 0 Å². The molecular weight excluding hydrogens is 102 g/mol. The van der Waals surface area contributed by atoms with Gasteiger partial charge in [-0.25, -0.2) is 0 Å². The standard InChI is InChI=1S/C6H15NO/c1-3-5-6-7(8)4-2/h8H,3-6H2,1-2H3. The fraction of sp³-hybridized carbons (Fsp3) is 1.00. The summed E-state index contributed by atoms with van der Waals surface area (Å²) in [6, 6.07) is 0. The van der Waals surface area contributed by atoms with Gasteiger partial charge in [0.1, 0.15) is 0 Å². The predicted molar refractivity (Wildman–Crippen MR) is 33.9 cm³/mol. The lowest BCUT2D eigenvalue weighted by molar-refractivity contribution is -0.0867. The average Bonchev–Trinajstić information content (AvgIpc) is 1.83. The fourth-order valence-corrected chi connectivity index (χ4v) is 0.499. The lowest BCUT2D eigenvalue weighted by Gasteiger charge is -2.09. The van der Waals surface area contributed by atoms with Crippen molar-refractivity contribution in [1.29, 1.82) is 0 Å². The van der Waals surface area contributed by atoms with Crippen molar-refractivity contribution in [3.05, 3.63) is 0 Å². The van der Waals surface area contributed by atoms with E-state index >= 15 is 0 Å². The average molecular weight is 117 g/mol. The number of nitrogens with zero attached hydrogens (tertiary/aromatic N) is 1. The molecule has 2 heteroatoms. The first-order valence-corrected chi connectivity index (χ1v) is 3.25. The van der Waals surface area contributed by atoms with E-state index in [-0.39, 0.29) is 0 Å². The van der Waals surface area contributed by atoms with Crippen molar-refractivity contribution >= 4 is 0 Å². The summed E-state index contributed by atoms with van der Waals surface area (Å²) in [6.07, 6.45) is 2.24. The summed E-state index contributed by atoms with van der Waals surface area (Å²) in [5.41, 5.74) is 0. The van der Waals surface area contributed by atoms with Crippen LogP contribution in [-0.4, -0.2) is 23.4 Å². The van der Waals surface area contributed by atoms with Crippen molar-refractivity contribution in [3.8, 4) is 0 Å². The third-order valence-electron chi connectivity index (χ3n) is 1.13. The van der Waals surface area contributed by atoms with Gasteiger partial charge in [-0.2, -0.15) is 5.06 Å². The molecule has 0 aromatic carbocycles. The van der Waals surface area contributed by atoms with E-state index < -0.39 is 0 Å². The fourth-order valence-electron chi connectivity index (χ4n) is 0.499. The van der Waals surface area contributed by atoms with E-state index in [0.717, 1.165) is 25.9 Å². The Balaban J connectivity index is 2.86. The first-order chi connectivity index (χ1) is 3.81. The highest BCUT2D eigenvalue weighted by atomic mass is 16.5. The Morgan fingerprint density at radius 2 is 2.00 bits per heavy atom. The molecular formula is C6H15NO. The lowest BCUT2D eigenvalue weighted by Crippen LogP contribution is -2.19. The van der Waals surface area contributed by atoms with Gasteiger partial charge in [0, 0.05) is 13.1 Å². The van der Waals surface area contributed by atoms with Gasteiger partial charge >= 0.3 is 0 Å². The van der Waals surface area contributed by atoms with Crippen LogP contribution in [0.4, 0.5) is 0 Å². The molecule has 0 aliphatic rings. The minimum Gasteiger partial charge on any atom is -0.314 e. The molecule has 0 fully saturated rings. The second-order valence-electron chi connectivity index (χ2n) is 1.90.